The first-order valence-corrected chi connectivity index (χ1v) is 7.22. The van der Waals surface area contributed by atoms with Gasteiger partial charge < -0.3 is 4.90 Å². The van der Waals surface area contributed by atoms with Gasteiger partial charge in [0.25, 0.3) is 5.91 Å². The van der Waals surface area contributed by atoms with Crippen molar-refractivity contribution in [3.63, 3.8) is 0 Å². The highest BCUT2D eigenvalue weighted by Crippen LogP contribution is 2.24. The Hall–Kier alpha value is -1.97. The predicted molar refractivity (Wildman–Crippen MR) is 78.5 cm³/mol. The molecule has 104 valence electrons. The van der Waals surface area contributed by atoms with Crippen molar-refractivity contribution in [2.24, 2.45) is 0 Å². The lowest BCUT2D eigenvalue weighted by atomic mass is 9.97. The summed E-state index contributed by atoms with van der Waals surface area (Å²) in [6.45, 7) is 4.23. The van der Waals surface area contributed by atoms with E-state index in [4.69, 9.17) is 0 Å². The Kier molecular flexibility index (Phi) is 3.38. The molecule has 4 nitrogen and oxygen atoms in total. The number of nitrogens with zero attached hydrogens (tertiary/aromatic N) is 3. The van der Waals surface area contributed by atoms with E-state index in [1.807, 2.05) is 35.2 Å². The zero-order chi connectivity index (χ0) is 14.1. The number of carbonyl (C=O) groups excluding carboxylic acids is 1. The van der Waals surface area contributed by atoms with Crippen molar-refractivity contribution in [2.75, 3.05) is 0 Å². The van der Waals surface area contributed by atoms with E-state index in [0.29, 0.717) is 5.69 Å². The fraction of sp³-hybridized carbons (Fsp3) is 0.438. The molecule has 1 aliphatic rings. The second kappa shape index (κ2) is 5.19. The van der Waals surface area contributed by atoms with Crippen LogP contribution in [0.15, 0.2) is 30.3 Å². The van der Waals surface area contributed by atoms with Crippen molar-refractivity contribution >= 4 is 16.8 Å². The van der Waals surface area contributed by atoms with Crippen molar-refractivity contribution in [2.45, 2.75) is 45.2 Å². The van der Waals surface area contributed by atoms with Crippen molar-refractivity contribution in [1.82, 2.24) is 15.1 Å². The van der Waals surface area contributed by atoms with Crippen LogP contribution in [-0.4, -0.2) is 33.1 Å². The van der Waals surface area contributed by atoms with Gasteiger partial charge in [0.2, 0.25) is 0 Å². The summed E-state index contributed by atoms with van der Waals surface area (Å²) in [4.78, 5) is 14.6. The molecule has 0 saturated carbocycles. The summed E-state index contributed by atoms with van der Waals surface area (Å²) in [5.41, 5.74) is 1.27. The number of piperidine rings is 1. The number of fused-ring (bicyclic) bond motifs is 1. The zero-order valence-electron chi connectivity index (χ0n) is 11.9. The minimum Gasteiger partial charge on any atom is -0.332 e. The smallest absolute Gasteiger partial charge is 0.274 e. The van der Waals surface area contributed by atoms with E-state index in [9.17, 15) is 4.79 Å². The van der Waals surface area contributed by atoms with Gasteiger partial charge in [-0.15, -0.1) is 10.2 Å². The molecule has 20 heavy (non-hydrogen) atoms. The van der Waals surface area contributed by atoms with Crippen LogP contribution in [0.2, 0.25) is 0 Å². The Labute approximate surface area is 118 Å². The topological polar surface area (TPSA) is 46.1 Å². The van der Waals surface area contributed by atoms with Gasteiger partial charge in [0.1, 0.15) is 0 Å². The third-order valence-corrected chi connectivity index (χ3v) is 4.14. The molecular weight excluding hydrogens is 250 g/mol. The van der Waals surface area contributed by atoms with E-state index in [-0.39, 0.29) is 18.0 Å². The second-order valence-corrected chi connectivity index (χ2v) is 5.63. The first-order chi connectivity index (χ1) is 9.66. The van der Waals surface area contributed by atoms with E-state index < -0.39 is 0 Å². The van der Waals surface area contributed by atoms with Gasteiger partial charge in [-0.05, 0) is 45.2 Å². The average molecular weight is 269 g/mol. The third kappa shape index (κ3) is 2.26. The van der Waals surface area contributed by atoms with Crippen molar-refractivity contribution < 1.29 is 4.79 Å². The van der Waals surface area contributed by atoms with Crippen molar-refractivity contribution in [1.29, 1.82) is 0 Å². The summed E-state index contributed by atoms with van der Waals surface area (Å²) >= 11 is 0. The van der Waals surface area contributed by atoms with Crippen LogP contribution in [0.1, 0.15) is 43.6 Å². The molecule has 1 amide bonds. The summed E-state index contributed by atoms with van der Waals surface area (Å²) in [6.07, 6.45) is 3.32. The van der Waals surface area contributed by atoms with Gasteiger partial charge in [-0.2, -0.15) is 0 Å². The van der Waals surface area contributed by atoms with E-state index in [1.165, 1.54) is 6.42 Å². The fourth-order valence-electron chi connectivity index (χ4n) is 3.04. The van der Waals surface area contributed by atoms with Crippen LogP contribution in [-0.2, 0) is 0 Å². The molecule has 1 aliphatic heterocycles. The highest BCUT2D eigenvalue weighted by atomic mass is 16.2. The van der Waals surface area contributed by atoms with E-state index in [2.05, 4.69) is 24.0 Å². The van der Waals surface area contributed by atoms with E-state index in [0.717, 1.165) is 23.7 Å². The van der Waals surface area contributed by atoms with Crippen molar-refractivity contribution in [3.8, 4) is 0 Å². The highest BCUT2D eigenvalue weighted by molar-refractivity contribution is 5.95. The highest BCUT2D eigenvalue weighted by Gasteiger charge is 2.30. The normalized spacial score (nSPS) is 23.0. The number of benzene rings is 1. The lowest BCUT2D eigenvalue weighted by molar-refractivity contribution is 0.0503. The number of carbonyl (C=O) groups is 1. The summed E-state index contributed by atoms with van der Waals surface area (Å²) in [6, 6.07) is 10.1. The molecule has 2 unspecified atom stereocenters. The summed E-state index contributed by atoms with van der Waals surface area (Å²) in [7, 11) is 0. The molecule has 0 spiro atoms. The Morgan fingerprint density at radius 1 is 1.15 bits per heavy atom. The largest absolute Gasteiger partial charge is 0.332 e. The number of amides is 1. The standard InChI is InChI=1S/C16H19N3O/c1-11-6-5-7-12(2)19(11)16(20)15-10-13-8-3-4-9-14(13)17-18-15/h3-4,8-12H,5-7H2,1-2H3. The Morgan fingerprint density at radius 3 is 2.60 bits per heavy atom. The summed E-state index contributed by atoms with van der Waals surface area (Å²) in [5.74, 6) is 0.00273. The molecule has 2 heterocycles. The number of hydrogen-bond acceptors (Lipinski definition) is 3. The van der Waals surface area contributed by atoms with Crippen LogP contribution < -0.4 is 0 Å². The van der Waals surface area contributed by atoms with Crippen LogP contribution in [0, 0.1) is 0 Å². The molecule has 0 aliphatic carbocycles. The third-order valence-electron chi connectivity index (χ3n) is 4.14. The number of aromatic nitrogens is 2. The Balaban J connectivity index is 1.95. The first kappa shape index (κ1) is 13.0. The minimum absolute atomic E-state index is 0.00273. The van der Waals surface area contributed by atoms with E-state index in [1.54, 1.807) is 0 Å². The van der Waals surface area contributed by atoms with Crippen molar-refractivity contribution in [3.05, 3.63) is 36.0 Å². The SMILES string of the molecule is CC1CCCC(C)N1C(=O)c1cc2ccccc2nn1. The summed E-state index contributed by atoms with van der Waals surface area (Å²) < 4.78 is 0. The van der Waals surface area contributed by atoms with E-state index >= 15 is 0 Å². The molecule has 0 N–H and O–H groups in total. The van der Waals surface area contributed by atoms with Gasteiger partial charge in [-0.25, -0.2) is 0 Å². The Morgan fingerprint density at radius 2 is 1.85 bits per heavy atom. The van der Waals surface area contributed by atoms with Gasteiger partial charge in [0.05, 0.1) is 5.52 Å². The summed E-state index contributed by atoms with van der Waals surface area (Å²) in [5, 5.41) is 9.22. The molecule has 1 fully saturated rings. The molecular formula is C16H19N3O. The monoisotopic (exact) mass is 269 g/mol. The second-order valence-electron chi connectivity index (χ2n) is 5.63. The average Bonchev–Trinajstić information content (AvgIpc) is 2.46. The fourth-order valence-corrected chi connectivity index (χ4v) is 3.04. The molecule has 3 rings (SSSR count). The van der Waals surface area contributed by atoms with Gasteiger partial charge in [0.15, 0.2) is 5.69 Å². The first-order valence-electron chi connectivity index (χ1n) is 7.22. The number of rotatable bonds is 1. The quantitative estimate of drug-likeness (QED) is 0.799. The maximum atomic E-state index is 12.7. The molecule has 4 heteroatoms. The molecule has 0 bridgehead atoms. The van der Waals surface area contributed by atoms with Gasteiger partial charge in [0, 0.05) is 17.5 Å². The maximum absolute atomic E-state index is 12.7. The Bertz CT molecular complexity index is 630. The lowest BCUT2D eigenvalue weighted by Gasteiger charge is -2.38. The number of likely N-dealkylation sites (tertiary alicyclic amines) is 1. The molecule has 2 atom stereocenters. The van der Waals surface area contributed by atoms with Crippen LogP contribution in [0.3, 0.4) is 0 Å². The molecule has 1 saturated heterocycles. The molecule has 1 aromatic heterocycles. The van der Waals surface area contributed by atoms with Crippen LogP contribution >= 0.6 is 0 Å². The van der Waals surface area contributed by atoms with Gasteiger partial charge in [-0.1, -0.05) is 18.2 Å². The molecule has 0 radical (unpaired) electrons. The number of hydrogen-bond donors (Lipinski definition) is 0. The maximum Gasteiger partial charge on any atom is 0.274 e. The lowest BCUT2D eigenvalue weighted by Crippen LogP contribution is -2.47. The minimum atomic E-state index is 0.00273. The predicted octanol–water partition coefficient (Wildman–Crippen LogP) is 3.03. The molecule has 2 aromatic rings. The van der Waals surface area contributed by atoms with Gasteiger partial charge >= 0.3 is 0 Å². The van der Waals surface area contributed by atoms with Crippen LogP contribution in [0.25, 0.3) is 10.9 Å². The zero-order valence-corrected chi connectivity index (χ0v) is 11.9. The van der Waals surface area contributed by atoms with Crippen LogP contribution in [0.5, 0.6) is 0 Å². The van der Waals surface area contributed by atoms with Crippen LogP contribution in [0.4, 0.5) is 0 Å². The van der Waals surface area contributed by atoms with Gasteiger partial charge in [-0.3, -0.25) is 4.79 Å². The molecule has 1 aromatic carbocycles.